The molecule has 0 bridgehead atoms. The first kappa shape index (κ1) is 68.6. The van der Waals surface area contributed by atoms with E-state index < -0.39 is 6.10 Å². The lowest BCUT2D eigenvalue weighted by Crippen LogP contribution is -2.30. The summed E-state index contributed by atoms with van der Waals surface area (Å²) in [6.07, 6.45) is 84.4. The molecule has 6 nitrogen and oxygen atoms in total. The Morgan fingerprint density at radius 3 is 0.849 bits per heavy atom. The molecule has 1 atom stereocenters. The van der Waals surface area contributed by atoms with Gasteiger partial charge in [-0.15, -0.1) is 0 Å². The van der Waals surface area contributed by atoms with Gasteiger partial charge in [-0.25, -0.2) is 0 Å². The molecule has 0 aliphatic heterocycles. The lowest BCUT2D eigenvalue weighted by atomic mass is 10.1. The Bertz CT molecular complexity index is 1580. The van der Waals surface area contributed by atoms with Gasteiger partial charge in [0.15, 0.2) is 6.10 Å². The van der Waals surface area contributed by atoms with Crippen LogP contribution in [0.4, 0.5) is 0 Å². The molecule has 0 fully saturated rings. The van der Waals surface area contributed by atoms with Crippen molar-refractivity contribution in [2.24, 2.45) is 0 Å². The highest BCUT2D eigenvalue weighted by molar-refractivity contribution is 5.71. The fraction of sp³-hybridized carbons (Fsp3) is 0.627. The lowest BCUT2D eigenvalue weighted by molar-refractivity contribution is -0.167. The van der Waals surface area contributed by atoms with E-state index in [1.165, 1.54) is 51.4 Å². The standard InChI is InChI=1S/C67H108O6/c1-4-7-10-13-16-19-22-24-26-28-30-31-32-33-34-35-37-38-40-42-45-48-51-54-57-60-66(69)72-63-64(62-71-65(68)59-56-53-50-47-44-21-18-15-12-9-6-3)73-67(70)61-58-55-52-49-46-43-41-39-36-29-27-25-23-20-17-14-11-8-5-2/h7-8,10-11,15-20,24-27,30-31,33-34,36-39,64H,4-6,9,12-14,21-23,28-29,32,35,40-63H2,1-3H3/b10-7-,11-8-,18-15-,19-16-,20-17-,26-24-,27-25-,31-30-,34-33-,38-37-,39-36-. The van der Waals surface area contributed by atoms with E-state index >= 15 is 0 Å². The van der Waals surface area contributed by atoms with Crippen LogP contribution in [0.1, 0.15) is 252 Å². The van der Waals surface area contributed by atoms with Crippen LogP contribution in [0.3, 0.4) is 0 Å². The molecule has 412 valence electrons. The average Bonchev–Trinajstić information content (AvgIpc) is 3.39. The summed E-state index contributed by atoms with van der Waals surface area (Å²) in [6.45, 7) is 6.34. The number of rotatable bonds is 52. The number of carbonyl (C=O) groups is 3. The zero-order chi connectivity index (χ0) is 52.9. The maximum Gasteiger partial charge on any atom is 0.306 e. The third-order valence-corrected chi connectivity index (χ3v) is 12.1. The summed E-state index contributed by atoms with van der Waals surface area (Å²) in [4.78, 5) is 38.2. The third kappa shape index (κ3) is 58.3. The smallest absolute Gasteiger partial charge is 0.306 e. The number of hydrogen-bond acceptors (Lipinski definition) is 6. The van der Waals surface area contributed by atoms with Crippen LogP contribution in [0.15, 0.2) is 134 Å². The van der Waals surface area contributed by atoms with Gasteiger partial charge in [0.1, 0.15) is 13.2 Å². The molecule has 0 saturated carbocycles. The van der Waals surface area contributed by atoms with E-state index in [4.69, 9.17) is 14.2 Å². The molecule has 0 aromatic rings. The molecular formula is C67H108O6. The predicted molar refractivity (Wildman–Crippen MR) is 316 cm³/mol. The van der Waals surface area contributed by atoms with Crippen molar-refractivity contribution in [2.45, 2.75) is 258 Å². The van der Waals surface area contributed by atoms with Crippen molar-refractivity contribution in [1.29, 1.82) is 0 Å². The molecule has 6 heteroatoms. The van der Waals surface area contributed by atoms with Gasteiger partial charge in [-0.05, 0) is 128 Å². The Hall–Kier alpha value is -4.45. The second-order valence-corrected chi connectivity index (χ2v) is 19.1. The molecule has 0 saturated heterocycles. The summed E-state index contributed by atoms with van der Waals surface area (Å²) in [6, 6.07) is 0. The van der Waals surface area contributed by atoms with Gasteiger partial charge >= 0.3 is 17.9 Å². The Morgan fingerprint density at radius 1 is 0.288 bits per heavy atom. The average molecular weight is 1010 g/mol. The van der Waals surface area contributed by atoms with Crippen molar-refractivity contribution < 1.29 is 28.6 Å². The predicted octanol–water partition coefficient (Wildman–Crippen LogP) is 20.2. The highest BCUT2D eigenvalue weighted by Crippen LogP contribution is 2.14. The van der Waals surface area contributed by atoms with Gasteiger partial charge in [0.25, 0.3) is 0 Å². The summed E-state index contributed by atoms with van der Waals surface area (Å²) in [5.74, 6) is -0.938. The van der Waals surface area contributed by atoms with Crippen molar-refractivity contribution in [3.05, 3.63) is 134 Å². The van der Waals surface area contributed by atoms with Gasteiger partial charge in [0, 0.05) is 19.3 Å². The minimum atomic E-state index is -0.801. The van der Waals surface area contributed by atoms with Gasteiger partial charge < -0.3 is 14.2 Å². The molecule has 0 aromatic heterocycles. The number of hydrogen-bond donors (Lipinski definition) is 0. The minimum absolute atomic E-state index is 0.0972. The van der Waals surface area contributed by atoms with Crippen LogP contribution in [-0.2, 0) is 28.6 Å². The first-order chi connectivity index (χ1) is 36.0. The third-order valence-electron chi connectivity index (χ3n) is 12.1. The van der Waals surface area contributed by atoms with Gasteiger partial charge in [-0.3, -0.25) is 14.4 Å². The van der Waals surface area contributed by atoms with Gasteiger partial charge in [0.2, 0.25) is 0 Å². The van der Waals surface area contributed by atoms with E-state index in [-0.39, 0.29) is 31.1 Å². The lowest BCUT2D eigenvalue weighted by Gasteiger charge is -2.18. The first-order valence-electron chi connectivity index (χ1n) is 29.7. The molecule has 0 spiro atoms. The minimum Gasteiger partial charge on any atom is -0.462 e. The van der Waals surface area contributed by atoms with Crippen LogP contribution >= 0.6 is 0 Å². The summed E-state index contributed by atoms with van der Waals surface area (Å²) >= 11 is 0. The zero-order valence-corrected chi connectivity index (χ0v) is 47.1. The Labute approximate surface area is 449 Å². The maximum atomic E-state index is 12.9. The van der Waals surface area contributed by atoms with E-state index in [0.29, 0.717) is 19.3 Å². The summed E-state index contributed by atoms with van der Waals surface area (Å²) in [5, 5.41) is 0. The van der Waals surface area contributed by atoms with Gasteiger partial charge in [-0.1, -0.05) is 238 Å². The number of carbonyl (C=O) groups excluding carboxylic acids is 3. The first-order valence-corrected chi connectivity index (χ1v) is 29.7. The molecule has 0 radical (unpaired) electrons. The SMILES string of the molecule is CC/C=C\C/C=C\C/C=C\C/C=C\C/C=C\C/C=C\CCCCCCCCC(=O)OCC(COC(=O)CCCCCCC/C=C\CCCC)OC(=O)CCCCCCCC/C=C\C/C=C\C/C=C\C/C=C\CC. The molecular weight excluding hydrogens is 901 g/mol. The Kier molecular flexibility index (Phi) is 56.4. The van der Waals surface area contributed by atoms with Crippen LogP contribution in [0, 0.1) is 0 Å². The van der Waals surface area contributed by atoms with E-state index in [9.17, 15) is 14.4 Å². The van der Waals surface area contributed by atoms with Crippen LogP contribution in [0.25, 0.3) is 0 Å². The second-order valence-electron chi connectivity index (χ2n) is 19.1. The normalized spacial score (nSPS) is 13.1. The van der Waals surface area contributed by atoms with Crippen molar-refractivity contribution in [3.63, 3.8) is 0 Å². The second kappa shape index (κ2) is 60.1. The van der Waals surface area contributed by atoms with Crippen LogP contribution in [-0.4, -0.2) is 37.2 Å². The molecule has 1 unspecified atom stereocenters. The van der Waals surface area contributed by atoms with Crippen molar-refractivity contribution in [1.82, 2.24) is 0 Å². The number of unbranched alkanes of at least 4 members (excludes halogenated alkanes) is 19. The molecule has 0 aromatic carbocycles. The molecule has 0 rings (SSSR count). The quantitative estimate of drug-likeness (QED) is 0.0261. The topological polar surface area (TPSA) is 78.9 Å². The fourth-order valence-electron chi connectivity index (χ4n) is 7.71. The van der Waals surface area contributed by atoms with E-state index in [0.717, 1.165) is 161 Å². The van der Waals surface area contributed by atoms with E-state index in [1.807, 2.05) is 0 Å². The molecule has 0 amide bonds. The molecule has 0 aliphatic carbocycles. The van der Waals surface area contributed by atoms with E-state index in [1.54, 1.807) is 0 Å². The van der Waals surface area contributed by atoms with Crippen molar-refractivity contribution in [2.75, 3.05) is 13.2 Å². The Balaban J connectivity index is 4.39. The molecule has 73 heavy (non-hydrogen) atoms. The number of esters is 3. The molecule has 0 heterocycles. The summed E-state index contributed by atoms with van der Waals surface area (Å²) in [5.41, 5.74) is 0. The van der Waals surface area contributed by atoms with E-state index in [2.05, 4.69) is 154 Å². The van der Waals surface area contributed by atoms with Crippen LogP contribution in [0.2, 0.25) is 0 Å². The monoisotopic (exact) mass is 1010 g/mol. The van der Waals surface area contributed by atoms with Gasteiger partial charge in [0.05, 0.1) is 0 Å². The Morgan fingerprint density at radius 2 is 0.534 bits per heavy atom. The van der Waals surface area contributed by atoms with Crippen LogP contribution < -0.4 is 0 Å². The van der Waals surface area contributed by atoms with Crippen molar-refractivity contribution >= 4 is 17.9 Å². The van der Waals surface area contributed by atoms with Crippen LogP contribution in [0.5, 0.6) is 0 Å². The highest BCUT2D eigenvalue weighted by atomic mass is 16.6. The summed E-state index contributed by atoms with van der Waals surface area (Å²) in [7, 11) is 0. The molecule has 0 N–H and O–H groups in total. The largest absolute Gasteiger partial charge is 0.462 e. The maximum absolute atomic E-state index is 12.9. The molecule has 0 aliphatic rings. The number of ether oxygens (including phenoxy) is 3. The zero-order valence-electron chi connectivity index (χ0n) is 47.1. The van der Waals surface area contributed by atoms with Gasteiger partial charge in [-0.2, -0.15) is 0 Å². The fourth-order valence-corrected chi connectivity index (χ4v) is 7.71. The highest BCUT2D eigenvalue weighted by Gasteiger charge is 2.19. The van der Waals surface area contributed by atoms with Crippen molar-refractivity contribution in [3.8, 4) is 0 Å². The number of allylic oxidation sites excluding steroid dienone is 22. The summed E-state index contributed by atoms with van der Waals surface area (Å²) < 4.78 is 16.8.